The zero-order valence-electron chi connectivity index (χ0n) is 9.58. The van der Waals surface area contributed by atoms with Crippen LogP contribution in [-0.4, -0.2) is 13.1 Å². The summed E-state index contributed by atoms with van der Waals surface area (Å²) >= 11 is 5.84. The molecule has 92 valence electrons. The smallest absolute Gasteiger partial charge is 0.366 e. The van der Waals surface area contributed by atoms with Crippen LogP contribution in [0, 0.1) is 0 Å². The molecule has 0 aliphatic carbocycles. The second-order valence-corrected chi connectivity index (χ2v) is 4.00. The highest BCUT2D eigenvalue weighted by Crippen LogP contribution is 2.13. The Labute approximate surface area is 105 Å². The molecule has 0 saturated heterocycles. The first kappa shape index (κ1) is 13.7. The molecule has 0 aromatic heterocycles. The van der Waals surface area contributed by atoms with E-state index in [1.54, 1.807) is 0 Å². The average molecular weight is 257 g/mol. The molecule has 0 saturated carbocycles. The Morgan fingerprint density at radius 1 is 1.53 bits per heavy atom. The minimum Gasteiger partial charge on any atom is -0.464 e. The highest BCUT2D eigenvalue weighted by atomic mass is 35.5. The van der Waals surface area contributed by atoms with Gasteiger partial charge in [0.1, 0.15) is 0 Å². The van der Waals surface area contributed by atoms with Crippen LogP contribution >= 0.6 is 11.6 Å². The number of carbonyl (C=O) groups excluding carboxylic acids is 1. The number of hydrogen-bond donors (Lipinski definition) is 0. The SMILES string of the molecule is COC(=O)/C(F)=C/CCCc1cccc(Cl)c1. The molecule has 0 unspecified atom stereocenters. The number of hydrogen-bond acceptors (Lipinski definition) is 2. The van der Waals surface area contributed by atoms with Crippen molar-refractivity contribution in [3.63, 3.8) is 0 Å². The van der Waals surface area contributed by atoms with Gasteiger partial charge in [0.2, 0.25) is 5.83 Å². The van der Waals surface area contributed by atoms with Gasteiger partial charge in [-0.2, -0.15) is 4.39 Å². The van der Waals surface area contributed by atoms with Gasteiger partial charge in [-0.05, 0) is 43.0 Å². The Morgan fingerprint density at radius 3 is 2.94 bits per heavy atom. The maximum absolute atomic E-state index is 13.0. The first-order valence-corrected chi connectivity index (χ1v) is 5.69. The lowest BCUT2D eigenvalue weighted by molar-refractivity contribution is -0.137. The monoisotopic (exact) mass is 256 g/mol. The molecule has 0 bridgehead atoms. The van der Waals surface area contributed by atoms with Crippen LogP contribution in [0.4, 0.5) is 4.39 Å². The number of carbonyl (C=O) groups is 1. The molecule has 0 spiro atoms. The van der Waals surface area contributed by atoms with Crippen molar-refractivity contribution in [2.75, 3.05) is 7.11 Å². The number of methoxy groups -OCH3 is 1. The molecular formula is C13H14ClFO2. The lowest BCUT2D eigenvalue weighted by Crippen LogP contribution is -2.00. The Balaban J connectivity index is 2.36. The molecule has 4 heteroatoms. The van der Waals surface area contributed by atoms with Crippen molar-refractivity contribution in [3.8, 4) is 0 Å². The summed E-state index contributed by atoms with van der Waals surface area (Å²) in [5.74, 6) is -1.76. The van der Waals surface area contributed by atoms with Gasteiger partial charge in [-0.15, -0.1) is 0 Å². The Morgan fingerprint density at radius 2 is 2.29 bits per heavy atom. The van der Waals surface area contributed by atoms with Gasteiger partial charge in [0.25, 0.3) is 0 Å². The summed E-state index contributed by atoms with van der Waals surface area (Å²) < 4.78 is 17.2. The van der Waals surface area contributed by atoms with Crippen LogP contribution in [0.2, 0.25) is 5.02 Å². The first-order chi connectivity index (χ1) is 8.13. The molecule has 0 radical (unpaired) electrons. The lowest BCUT2D eigenvalue weighted by Gasteiger charge is -2.00. The maximum atomic E-state index is 13.0. The summed E-state index contributed by atoms with van der Waals surface area (Å²) in [7, 11) is 1.15. The highest BCUT2D eigenvalue weighted by molar-refractivity contribution is 6.30. The molecule has 1 aromatic rings. The fourth-order valence-electron chi connectivity index (χ4n) is 1.41. The number of halogens is 2. The summed E-state index contributed by atoms with van der Waals surface area (Å²) in [6, 6.07) is 7.53. The minimum absolute atomic E-state index is 0.493. The van der Waals surface area contributed by atoms with E-state index in [-0.39, 0.29) is 0 Å². The largest absolute Gasteiger partial charge is 0.464 e. The fourth-order valence-corrected chi connectivity index (χ4v) is 1.62. The molecule has 0 amide bonds. The number of rotatable bonds is 5. The van der Waals surface area contributed by atoms with E-state index < -0.39 is 11.8 Å². The Hall–Kier alpha value is -1.35. The standard InChI is InChI=1S/C13H14ClFO2/c1-17-13(16)12(15)8-3-2-5-10-6-4-7-11(14)9-10/h4,6-9H,2-3,5H2,1H3/b12-8-. The van der Waals surface area contributed by atoms with Gasteiger partial charge in [-0.3, -0.25) is 0 Å². The molecular weight excluding hydrogens is 243 g/mol. The predicted octanol–water partition coefficient (Wildman–Crippen LogP) is 3.69. The second kappa shape index (κ2) is 7.07. The van der Waals surface area contributed by atoms with Crippen molar-refractivity contribution in [2.24, 2.45) is 0 Å². The summed E-state index contributed by atoms with van der Waals surface area (Å²) in [6.07, 6.45) is 3.29. The van der Waals surface area contributed by atoms with Crippen LogP contribution in [0.15, 0.2) is 36.2 Å². The van der Waals surface area contributed by atoms with Gasteiger partial charge >= 0.3 is 5.97 Å². The number of aryl methyl sites for hydroxylation is 1. The molecule has 0 atom stereocenters. The van der Waals surface area contributed by atoms with Crippen LogP contribution in [0.3, 0.4) is 0 Å². The molecule has 2 nitrogen and oxygen atoms in total. The van der Waals surface area contributed by atoms with E-state index in [1.807, 2.05) is 24.3 Å². The Kier molecular flexibility index (Phi) is 5.70. The first-order valence-electron chi connectivity index (χ1n) is 5.32. The summed E-state index contributed by atoms with van der Waals surface area (Å²) in [5, 5.41) is 0.693. The minimum atomic E-state index is -0.923. The number of unbranched alkanes of at least 4 members (excludes halogenated alkanes) is 1. The van der Waals surface area contributed by atoms with E-state index >= 15 is 0 Å². The van der Waals surface area contributed by atoms with Crippen LogP contribution in [0.25, 0.3) is 0 Å². The van der Waals surface area contributed by atoms with Gasteiger partial charge in [0.15, 0.2) is 0 Å². The van der Waals surface area contributed by atoms with Crippen molar-refractivity contribution >= 4 is 17.6 Å². The van der Waals surface area contributed by atoms with Crippen molar-refractivity contribution < 1.29 is 13.9 Å². The van der Waals surface area contributed by atoms with E-state index in [0.717, 1.165) is 25.5 Å². The fraction of sp³-hybridized carbons (Fsp3) is 0.308. The average Bonchev–Trinajstić information content (AvgIpc) is 2.33. The van der Waals surface area contributed by atoms with E-state index in [1.165, 1.54) is 6.08 Å². The molecule has 1 rings (SSSR count). The molecule has 0 fully saturated rings. The van der Waals surface area contributed by atoms with Crippen LogP contribution in [0.5, 0.6) is 0 Å². The van der Waals surface area contributed by atoms with E-state index in [2.05, 4.69) is 4.74 Å². The zero-order chi connectivity index (χ0) is 12.7. The highest BCUT2D eigenvalue weighted by Gasteiger charge is 2.06. The number of benzene rings is 1. The topological polar surface area (TPSA) is 26.3 Å². The maximum Gasteiger partial charge on any atom is 0.366 e. The normalized spacial score (nSPS) is 11.4. The van der Waals surface area contributed by atoms with Gasteiger partial charge in [-0.1, -0.05) is 23.7 Å². The van der Waals surface area contributed by atoms with Crippen LogP contribution < -0.4 is 0 Å². The summed E-state index contributed by atoms with van der Waals surface area (Å²) in [4.78, 5) is 10.7. The third-order valence-electron chi connectivity index (χ3n) is 2.26. The quantitative estimate of drug-likeness (QED) is 0.456. The third-order valence-corrected chi connectivity index (χ3v) is 2.50. The third kappa shape index (κ3) is 5.00. The van der Waals surface area contributed by atoms with Gasteiger partial charge in [0.05, 0.1) is 7.11 Å². The van der Waals surface area contributed by atoms with E-state index in [0.29, 0.717) is 11.4 Å². The van der Waals surface area contributed by atoms with Crippen molar-refractivity contribution in [3.05, 3.63) is 46.8 Å². The van der Waals surface area contributed by atoms with Crippen molar-refractivity contribution in [1.29, 1.82) is 0 Å². The molecule has 0 aliphatic rings. The predicted molar refractivity (Wildman–Crippen MR) is 65.6 cm³/mol. The van der Waals surface area contributed by atoms with Gasteiger partial charge in [-0.25, -0.2) is 4.79 Å². The lowest BCUT2D eigenvalue weighted by atomic mass is 10.1. The van der Waals surface area contributed by atoms with Crippen molar-refractivity contribution in [2.45, 2.75) is 19.3 Å². The molecule has 0 N–H and O–H groups in total. The van der Waals surface area contributed by atoms with Gasteiger partial charge < -0.3 is 4.74 Å². The Bertz CT molecular complexity index is 416. The van der Waals surface area contributed by atoms with E-state index in [9.17, 15) is 9.18 Å². The molecule has 17 heavy (non-hydrogen) atoms. The van der Waals surface area contributed by atoms with Crippen LogP contribution in [0.1, 0.15) is 18.4 Å². The summed E-state index contributed by atoms with van der Waals surface area (Å²) in [5.41, 5.74) is 1.10. The van der Waals surface area contributed by atoms with E-state index in [4.69, 9.17) is 11.6 Å². The van der Waals surface area contributed by atoms with Gasteiger partial charge in [0, 0.05) is 5.02 Å². The molecule has 0 heterocycles. The number of esters is 1. The second-order valence-electron chi connectivity index (χ2n) is 3.57. The number of allylic oxidation sites excluding steroid dienone is 1. The zero-order valence-corrected chi connectivity index (χ0v) is 10.3. The molecule has 0 aliphatic heterocycles. The van der Waals surface area contributed by atoms with Crippen molar-refractivity contribution in [1.82, 2.24) is 0 Å². The molecule has 1 aromatic carbocycles. The van der Waals surface area contributed by atoms with Crippen LogP contribution in [-0.2, 0) is 16.0 Å². The number of ether oxygens (including phenoxy) is 1. The summed E-state index contributed by atoms with van der Waals surface area (Å²) in [6.45, 7) is 0.